The maximum atomic E-state index is 12.2. The number of hydrogen-bond donors (Lipinski definition) is 1. The highest BCUT2D eigenvalue weighted by molar-refractivity contribution is 5.94. The van der Waals surface area contributed by atoms with Crippen LogP contribution in [0.1, 0.15) is 41.0 Å². The summed E-state index contributed by atoms with van der Waals surface area (Å²) in [7, 11) is 0. The fraction of sp³-hybridized carbons (Fsp3) is 0.450. The lowest BCUT2D eigenvalue weighted by Crippen LogP contribution is -2.51. The second-order valence-electron chi connectivity index (χ2n) is 7.55. The van der Waals surface area contributed by atoms with Crippen LogP contribution in [0.3, 0.4) is 0 Å². The van der Waals surface area contributed by atoms with Crippen molar-refractivity contribution in [2.75, 3.05) is 13.1 Å². The van der Waals surface area contributed by atoms with Crippen LogP contribution >= 0.6 is 0 Å². The standard InChI is InChI=1S/C20H24N4O/c1-15-4-2-6-17(22-15)13-24-9-7-20(14-24)10-18(11-20)23-19(25)16-5-3-8-21-12-16/h2-6,8,12,18H,7,9-11,13-14H2,1H3,(H,23,25). The molecule has 1 saturated carbocycles. The summed E-state index contributed by atoms with van der Waals surface area (Å²) in [5, 5.41) is 3.15. The van der Waals surface area contributed by atoms with Gasteiger partial charge in [-0.2, -0.15) is 0 Å². The molecule has 1 N–H and O–H groups in total. The Morgan fingerprint density at radius 1 is 1.32 bits per heavy atom. The minimum absolute atomic E-state index is 0.00763. The number of amides is 1. The summed E-state index contributed by atoms with van der Waals surface area (Å²) in [5.74, 6) is -0.00763. The Morgan fingerprint density at radius 2 is 2.20 bits per heavy atom. The normalized spacial score (nSPS) is 25.7. The zero-order valence-electron chi connectivity index (χ0n) is 14.6. The van der Waals surface area contributed by atoms with E-state index in [1.54, 1.807) is 18.5 Å². The van der Waals surface area contributed by atoms with Crippen molar-refractivity contribution in [2.24, 2.45) is 5.41 Å². The van der Waals surface area contributed by atoms with E-state index in [2.05, 4.69) is 32.3 Å². The third kappa shape index (κ3) is 3.56. The van der Waals surface area contributed by atoms with E-state index in [9.17, 15) is 4.79 Å². The summed E-state index contributed by atoms with van der Waals surface area (Å²) in [4.78, 5) is 23.3. The van der Waals surface area contributed by atoms with Gasteiger partial charge in [0.05, 0.1) is 11.3 Å². The lowest BCUT2D eigenvalue weighted by atomic mass is 9.65. The van der Waals surface area contributed by atoms with E-state index in [0.717, 1.165) is 43.9 Å². The lowest BCUT2D eigenvalue weighted by molar-refractivity contribution is 0.0693. The summed E-state index contributed by atoms with van der Waals surface area (Å²) in [5.41, 5.74) is 3.25. The molecule has 1 aliphatic carbocycles. The summed E-state index contributed by atoms with van der Waals surface area (Å²) in [6.45, 7) is 5.20. The predicted molar refractivity (Wildman–Crippen MR) is 96.0 cm³/mol. The number of nitrogens with one attached hydrogen (secondary N) is 1. The second-order valence-corrected chi connectivity index (χ2v) is 7.55. The molecule has 3 heterocycles. The Labute approximate surface area is 148 Å². The Kier molecular flexibility index (Phi) is 4.25. The third-order valence-corrected chi connectivity index (χ3v) is 5.47. The van der Waals surface area contributed by atoms with Crippen LogP contribution in [0.5, 0.6) is 0 Å². The van der Waals surface area contributed by atoms with Crippen LogP contribution in [-0.4, -0.2) is 39.9 Å². The minimum Gasteiger partial charge on any atom is -0.349 e. The summed E-state index contributed by atoms with van der Waals surface area (Å²) >= 11 is 0. The van der Waals surface area contributed by atoms with E-state index < -0.39 is 0 Å². The molecule has 2 aromatic rings. The van der Waals surface area contributed by atoms with Crippen LogP contribution in [0.2, 0.25) is 0 Å². The summed E-state index contributed by atoms with van der Waals surface area (Å²) in [6, 6.07) is 10.1. The number of rotatable bonds is 4. The molecule has 0 unspecified atom stereocenters. The van der Waals surface area contributed by atoms with Gasteiger partial charge in [-0.1, -0.05) is 6.07 Å². The van der Waals surface area contributed by atoms with E-state index in [1.165, 1.54) is 6.42 Å². The molecule has 4 rings (SSSR count). The van der Waals surface area contributed by atoms with Gasteiger partial charge < -0.3 is 5.32 Å². The number of carbonyl (C=O) groups is 1. The van der Waals surface area contributed by atoms with Crippen molar-refractivity contribution >= 4 is 5.91 Å². The van der Waals surface area contributed by atoms with Crippen LogP contribution in [0, 0.1) is 12.3 Å². The molecular formula is C20H24N4O. The van der Waals surface area contributed by atoms with E-state index in [-0.39, 0.29) is 5.91 Å². The molecule has 0 aromatic carbocycles. The fourth-order valence-corrected chi connectivity index (χ4v) is 4.27. The molecule has 2 fully saturated rings. The number of hydrogen-bond acceptors (Lipinski definition) is 4. The van der Waals surface area contributed by atoms with E-state index >= 15 is 0 Å². The molecule has 130 valence electrons. The molecule has 1 aliphatic heterocycles. The van der Waals surface area contributed by atoms with Gasteiger partial charge in [0.2, 0.25) is 0 Å². The Hall–Kier alpha value is -2.27. The van der Waals surface area contributed by atoms with E-state index in [1.807, 2.05) is 19.1 Å². The molecule has 0 radical (unpaired) electrons. The molecular weight excluding hydrogens is 312 g/mol. The van der Waals surface area contributed by atoms with Gasteiger partial charge in [-0.3, -0.25) is 19.7 Å². The van der Waals surface area contributed by atoms with Crippen LogP contribution in [0.15, 0.2) is 42.7 Å². The zero-order chi connectivity index (χ0) is 17.3. The smallest absolute Gasteiger partial charge is 0.253 e. The summed E-state index contributed by atoms with van der Waals surface area (Å²) < 4.78 is 0. The van der Waals surface area contributed by atoms with Crippen molar-refractivity contribution < 1.29 is 4.79 Å². The maximum Gasteiger partial charge on any atom is 0.253 e. The first-order valence-electron chi connectivity index (χ1n) is 8.98. The van der Waals surface area contributed by atoms with Crippen LogP contribution in [-0.2, 0) is 6.54 Å². The monoisotopic (exact) mass is 336 g/mol. The van der Waals surface area contributed by atoms with Crippen molar-refractivity contribution in [2.45, 2.75) is 38.8 Å². The quantitative estimate of drug-likeness (QED) is 0.932. The Bertz CT molecular complexity index is 755. The molecule has 2 aliphatic rings. The van der Waals surface area contributed by atoms with Crippen molar-refractivity contribution in [1.82, 2.24) is 20.2 Å². The molecule has 1 saturated heterocycles. The van der Waals surface area contributed by atoms with Crippen molar-refractivity contribution in [3.8, 4) is 0 Å². The molecule has 25 heavy (non-hydrogen) atoms. The third-order valence-electron chi connectivity index (χ3n) is 5.47. The van der Waals surface area contributed by atoms with Gasteiger partial charge in [0.25, 0.3) is 5.91 Å². The van der Waals surface area contributed by atoms with Gasteiger partial charge in [0, 0.05) is 37.2 Å². The van der Waals surface area contributed by atoms with Gasteiger partial charge in [0.15, 0.2) is 0 Å². The van der Waals surface area contributed by atoms with Crippen LogP contribution in [0.25, 0.3) is 0 Å². The second kappa shape index (κ2) is 6.56. The van der Waals surface area contributed by atoms with E-state index in [0.29, 0.717) is 17.0 Å². The number of pyridine rings is 2. The van der Waals surface area contributed by atoms with Gasteiger partial charge in [0.1, 0.15) is 0 Å². The molecule has 1 amide bonds. The Balaban J connectivity index is 1.28. The lowest BCUT2D eigenvalue weighted by Gasteiger charge is -2.45. The van der Waals surface area contributed by atoms with Gasteiger partial charge in [-0.05, 0) is 62.4 Å². The SMILES string of the molecule is Cc1cccc(CN2CCC3(CC(NC(=O)c4cccnc4)C3)C2)n1. The molecule has 0 atom stereocenters. The zero-order valence-corrected chi connectivity index (χ0v) is 14.6. The molecule has 2 aromatic heterocycles. The topological polar surface area (TPSA) is 58.1 Å². The number of aromatic nitrogens is 2. The van der Waals surface area contributed by atoms with Gasteiger partial charge in [-0.15, -0.1) is 0 Å². The van der Waals surface area contributed by atoms with Gasteiger partial charge in [-0.25, -0.2) is 0 Å². The van der Waals surface area contributed by atoms with Crippen LogP contribution < -0.4 is 5.32 Å². The van der Waals surface area contributed by atoms with Crippen molar-refractivity contribution in [3.05, 3.63) is 59.7 Å². The highest BCUT2D eigenvalue weighted by Gasteiger charge is 2.48. The number of nitrogens with zero attached hydrogens (tertiary/aromatic N) is 3. The Morgan fingerprint density at radius 3 is 2.96 bits per heavy atom. The molecule has 5 nitrogen and oxygen atoms in total. The average molecular weight is 336 g/mol. The maximum absolute atomic E-state index is 12.2. The predicted octanol–water partition coefficient (Wildman–Crippen LogP) is 2.57. The minimum atomic E-state index is -0.00763. The number of aryl methyl sites for hydroxylation is 1. The van der Waals surface area contributed by atoms with Gasteiger partial charge >= 0.3 is 0 Å². The number of carbonyl (C=O) groups excluding carboxylic acids is 1. The largest absolute Gasteiger partial charge is 0.349 e. The summed E-state index contributed by atoms with van der Waals surface area (Å²) in [6.07, 6.45) is 6.69. The highest BCUT2D eigenvalue weighted by atomic mass is 16.1. The first-order chi connectivity index (χ1) is 12.1. The first-order valence-corrected chi connectivity index (χ1v) is 8.98. The van der Waals surface area contributed by atoms with Crippen molar-refractivity contribution in [1.29, 1.82) is 0 Å². The number of likely N-dealkylation sites (tertiary alicyclic amines) is 1. The average Bonchev–Trinajstić information content (AvgIpc) is 2.99. The molecule has 0 bridgehead atoms. The first kappa shape index (κ1) is 16.2. The van der Waals surface area contributed by atoms with Crippen molar-refractivity contribution in [3.63, 3.8) is 0 Å². The fourth-order valence-electron chi connectivity index (χ4n) is 4.27. The van der Waals surface area contributed by atoms with Crippen LogP contribution in [0.4, 0.5) is 0 Å². The van der Waals surface area contributed by atoms with E-state index in [4.69, 9.17) is 0 Å². The molecule has 1 spiro atoms. The highest BCUT2D eigenvalue weighted by Crippen LogP contribution is 2.48. The molecule has 5 heteroatoms.